The van der Waals surface area contributed by atoms with Gasteiger partial charge in [0, 0.05) is 6.54 Å². The minimum atomic E-state index is -0.444. The number of amides is 2. The molecule has 1 saturated heterocycles. The van der Waals surface area contributed by atoms with E-state index in [1.165, 1.54) is 22.1 Å². The van der Waals surface area contributed by atoms with Crippen molar-refractivity contribution in [3.05, 3.63) is 60.1 Å². The van der Waals surface area contributed by atoms with E-state index in [0.717, 1.165) is 6.42 Å². The Kier molecular flexibility index (Phi) is 4.57. The zero-order valence-electron chi connectivity index (χ0n) is 13.1. The van der Waals surface area contributed by atoms with Gasteiger partial charge in [-0.15, -0.1) is 0 Å². The van der Waals surface area contributed by atoms with Crippen molar-refractivity contribution in [1.29, 1.82) is 0 Å². The highest BCUT2D eigenvalue weighted by Crippen LogP contribution is 2.26. The maximum absolute atomic E-state index is 12.9. The summed E-state index contributed by atoms with van der Waals surface area (Å²) in [7, 11) is 0. The molecule has 5 nitrogen and oxygen atoms in total. The molecule has 1 aliphatic heterocycles. The van der Waals surface area contributed by atoms with Gasteiger partial charge in [0.05, 0.1) is 12.0 Å². The van der Waals surface area contributed by atoms with Gasteiger partial charge >= 0.3 is 0 Å². The topological polar surface area (TPSA) is 53.8 Å². The fourth-order valence-corrected chi connectivity index (χ4v) is 2.88. The lowest BCUT2D eigenvalue weighted by molar-refractivity contribution is -0.127. The zero-order chi connectivity index (χ0) is 17.1. The van der Waals surface area contributed by atoms with Gasteiger partial charge in [-0.2, -0.15) is 0 Å². The molecule has 0 spiro atoms. The SMILES string of the molecule is CCCN1C(=O)/C(=C/c2ccco2)C(=O)N(c2ccccc2)C1=S. The van der Waals surface area contributed by atoms with E-state index in [2.05, 4.69) is 0 Å². The molecule has 24 heavy (non-hydrogen) atoms. The number of benzene rings is 1. The highest BCUT2D eigenvalue weighted by Gasteiger charge is 2.39. The molecule has 0 bridgehead atoms. The van der Waals surface area contributed by atoms with Crippen molar-refractivity contribution in [2.45, 2.75) is 13.3 Å². The molecule has 0 atom stereocenters. The first-order valence-electron chi connectivity index (χ1n) is 7.64. The molecule has 3 rings (SSSR count). The van der Waals surface area contributed by atoms with Crippen molar-refractivity contribution in [2.75, 3.05) is 11.4 Å². The molecule has 1 aromatic heterocycles. The first-order chi connectivity index (χ1) is 11.6. The van der Waals surface area contributed by atoms with Gasteiger partial charge in [0.15, 0.2) is 5.11 Å². The highest BCUT2D eigenvalue weighted by molar-refractivity contribution is 7.80. The van der Waals surface area contributed by atoms with Crippen LogP contribution in [0.25, 0.3) is 6.08 Å². The van der Waals surface area contributed by atoms with E-state index in [1.54, 1.807) is 24.3 Å². The van der Waals surface area contributed by atoms with E-state index in [-0.39, 0.29) is 10.7 Å². The number of hydrogen-bond donors (Lipinski definition) is 0. The molecule has 0 aliphatic carbocycles. The van der Waals surface area contributed by atoms with Crippen molar-refractivity contribution < 1.29 is 14.0 Å². The summed E-state index contributed by atoms with van der Waals surface area (Å²) < 4.78 is 5.25. The number of para-hydroxylation sites is 1. The number of carbonyl (C=O) groups is 2. The van der Waals surface area contributed by atoms with Gasteiger partial charge in [-0.25, -0.2) is 0 Å². The lowest BCUT2D eigenvalue weighted by atomic mass is 10.1. The van der Waals surface area contributed by atoms with Gasteiger partial charge in [0.25, 0.3) is 11.8 Å². The number of rotatable bonds is 4. The van der Waals surface area contributed by atoms with Crippen LogP contribution in [-0.4, -0.2) is 28.4 Å². The van der Waals surface area contributed by atoms with E-state index >= 15 is 0 Å². The summed E-state index contributed by atoms with van der Waals surface area (Å²) in [5.74, 6) is -0.389. The van der Waals surface area contributed by atoms with Crippen LogP contribution in [0, 0.1) is 0 Å². The van der Waals surface area contributed by atoms with Crippen LogP contribution < -0.4 is 4.90 Å². The Morgan fingerprint density at radius 2 is 1.83 bits per heavy atom. The molecule has 6 heteroatoms. The monoisotopic (exact) mass is 340 g/mol. The van der Waals surface area contributed by atoms with Crippen LogP contribution in [0.1, 0.15) is 19.1 Å². The van der Waals surface area contributed by atoms with E-state index in [4.69, 9.17) is 16.6 Å². The van der Waals surface area contributed by atoms with Crippen LogP contribution in [0.3, 0.4) is 0 Å². The average Bonchev–Trinajstić information content (AvgIpc) is 3.10. The summed E-state index contributed by atoms with van der Waals surface area (Å²) >= 11 is 5.41. The molecule has 1 fully saturated rings. The lowest BCUT2D eigenvalue weighted by Crippen LogP contribution is -2.56. The van der Waals surface area contributed by atoms with Gasteiger partial charge in [-0.3, -0.25) is 19.4 Å². The van der Waals surface area contributed by atoms with Gasteiger partial charge in [0.2, 0.25) is 0 Å². The molecule has 0 N–H and O–H groups in total. The summed E-state index contributed by atoms with van der Waals surface area (Å²) in [5, 5.41) is 0.203. The number of furan rings is 1. The van der Waals surface area contributed by atoms with Crippen LogP contribution in [0.2, 0.25) is 0 Å². The molecule has 122 valence electrons. The van der Waals surface area contributed by atoms with Gasteiger partial charge in [-0.1, -0.05) is 25.1 Å². The number of thiocarbonyl (C=S) groups is 1. The Hall–Kier alpha value is -2.73. The molecular weight excluding hydrogens is 324 g/mol. The van der Waals surface area contributed by atoms with Crippen molar-refractivity contribution in [3.8, 4) is 0 Å². The maximum Gasteiger partial charge on any atom is 0.270 e. The van der Waals surface area contributed by atoms with Crippen molar-refractivity contribution in [1.82, 2.24) is 4.90 Å². The van der Waals surface area contributed by atoms with Crippen LogP contribution in [0.5, 0.6) is 0 Å². The first kappa shape index (κ1) is 16.1. The van der Waals surface area contributed by atoms with Crippen molar-refractivity contribution in [3.63, 3.8) is 0 Å². The third-order valence-electron chi connectivity index (χ3n) is 3.62. The van der Waals surface area contributed by atoms with Crippen LogP contribution in [0.15, 0.2) is 58.7 Å². The normalized spacial score (nSPS) is 17.0. The number of anilines is 1. The van der Waals surface area contributed by atoms with Crippen LogP contribution in [0.4, 0.5) is 5.69 Å². The molecule has 0 unspecified atom stereocenters. The van der Waals surface area contributed by atoms with E-state index in [1.807, 2.05) is 25.1 Å². The van der Waals surface area contributed by atoms with Crippen LogP contribution in [-0.2, 0) is 9.59 Å². The number of nitrogens with zero attached hydrogens (tertiary/aromatic N) is 2. The van der Waals surface area contributed by atoms with E-state index < -0.39 is 11.8 Å². The van der Waals surface area contributed by atoms with Crippen molar-refractivity contribution in [2.24, 2.45) is 0 Å². The molecule has 2 aromatic rings. The summed E-state index contributed by atoms with van der Waals surface area (Å²) in [6.45, 7) is 2.40. The van der Waals surface area contributed by atoms with Crippen molar-refractivity contribution >= 4 is 40.9 Å². The third-order valence-corrected chi connectivity index (χ3v) is 4.03. The second kappa shape index (κ2) is 6.80. The minimum absolute atomic E-state index is 0.0378. The minimum Gasteiger partial charge on any atom is -0.465 e. The maximum atomic E-state index is 12.9. The number of carbonyl (C=O) groups excluding carboxylic acids is 2. The second-order valence-corrected chi connectivity index (χ2v) is 5.65. The molecule has 0 radical (unpaired) electrons. The Morgan fingerprint density at radius 1 is 1.08 bits per heavy atom. The smallest absolute Gasteiger partial charge is 0.270 e. The molecule has 2 heterocycles. The van der Waals surface area contributed by atoms with Crippen LogP contribution >= 0.6 is 12.2 Å². The Morgan fingerprint density at radius 3 is 2.46 bits per heavy atom. The highest BCUT2D eigenvalue weighted by atomic mass is 32.1. The Labute approximate surface area is 145 Å². The van der Waals surface area contributed by atoms with Gasteiger partial charge < -0.3 is 4.42 Å². The second-order valence-electron chi connectivity index (χ2n) is 5.29. The summed E-state index contributed by atoms with van der Waals surface area (Å²) in [6, 6.07) is 12.5. The average molecular weight is 340 g/mol. The fourth-order valence-electron chi connectivity index (χ4n) is 2.52. The quantitative estimate of drug-likeness (QED) is 0.487. The van der Waals surface area contributed by atoms with E-state index in [9.17, 15) is 9.59 Å². The largest absolute Gasteiger partial charge is 0.465 e. The summed E-state index contributed by atoms with van der Waals surface area (Å²) in [6.07, 6.45) is 3.69. The number of hydrogen-bond acceptors (Lipinski definition) is 4. The molecule has 2 amide bonds. The van der Waals surface area contributed by atoms with Gasteiger partial charge in [-0.05, 0) is 49.0 Å². The predicted octanol–water partition coefficient (Wildman–Crippen LogP) is 3.23. The molecule has 1 aromatic carbocycles. The predicted molar refractivity (Wildman–Crippen MR) is 95.2 cm³/mol. The standard InChI is InChI=1S/C18H16N2O3S/c1-2-10-19-16(21)15(12-14-9-6-11-23-14)17(22)20(18(19)24)13-7-4-3-5-8-13/h3-9,11-12H,2,10H2,1H3/b15-12-. The Balaban J connectivity index is 2.08. The summed E-state index contributed by atoms with van der Waals surface area (Å²) in [5.41, 5.74) is 0.669. The molecular formula is C18H16N2O3S. The molecule has 0 saturated carbocycles. The Bertz CT molecular complexity index is 797. The molecule has 1 aliphatic rings. The van der Waals surface area contributed by atoms with Gasteiger partial charge in [0.1, 0.15) is 11.3 Å². The summed E-state index contributed by atoms with van der Waals surface area (Å²) in [4.78, 5) is 28.5. The first-order valence-corrected chi connectivity index (χ1v) is 8.05. The lowest BCUT2D eigenvalue weighted by Gasteiger charge is -2.36. The zero-order valence-corrected chi connectivity index (χ0v) is 14.0. The van der Waals surface area contributed by atoms with E-state index in [0.29, 0.717) is 18.0 Å². The fraction of sp³-hybridized carbons (Fsp3) is 0.167. The third kappa shape index (κ3) is 2.88.